The molecule has 6 heteroatoms. The van der Waals surface area contributed by atoms with Gasteiger partial charge in [-0.05, 0) is 19.3 Å². The van der Waals surface area contributed by atoms with Crippen molar-refractivity contribution in [2.45, 2.75) is 31.9 Å². The Hall–Kier alpha value is -0.780. The van der Waals surface area contributed by atoms with Gasteiger partial charge in [-0.3, -0.25) is 9.63 Å². The van der Waals surface area contributed by atoms with Crippen molar-refractivity contribution in [3.63, 3.8) is 0 Å². The molecule has 0 saturated heterocycles. The smallest absolute Gasteiger partial charge is 0.275 e. The van der Waals surface area contributed by atoms with Gasteiger partial charge in [0.25, 0.3) is 5.91 Å². The maximum atomic E-state index is 12.0. The number of hydrogen-bond acceptors (Lipinski definition) is 2. The molecular formula is C9H14F3NO2. The highest BCUT2D eigenvalue weighted by Gasteiger charge is 2.52. The molecule has 1 amide bonds. The summed E-state index contributed by atoms with van der Waals surface area (Å²) in [6.45, 7) is 0. The first kappa shape index (κ1) is 12.3. The third-order valence-corrected chi connectivity index (χ3v) is 2.75. The molecule has 15 heavy (non-hydrogen) atoms. The van der Waals surface area contributed by atoms with Crippen LogP contribution in [0.25, 0.3) is 0 Å². The largest absolute Gasteiger partial charge is 0.389 e. The van der Waals surface area contributed by atoms with Crippen molar-refractivity contribution < 1.29 is 22.8 Å². The zero-order chi connectivity index (χ0) is 11.7. The van der Waals surface area contributed by atoms with Crippen LogP contribution >= 0.6 is 0 Å². The van der Waals surface area contributed by atoms with E-state index in [1.165, 1.54) is 14.2 Å². The first-order valence-electron chi connectivity index (χ1n) is 4.70. The van der Waals surface area contributed by atoms with Gasteiger partial charge in [-0.25, -0.2) is 5.06 Å². The number of halogens is 3. The van der Waals surface area contributed by atoms with E-state index in [4.69, 9.17) is 0 Å². The second-order valence-corrected chi connectivity index (χ2v) is 3.88. The Bertz CT molecular complexity index is 248. The average Bonchev–Trinajstić information content (AvgIpc) is 2.92. The molecule has 0 bridgehead atoms. The van der Waals surface area contributed by atoms with E-state index in [1.54, 1.807) is 0 Å². The molecule has 0 aromatic carbocycles. The predicted molar refractivity (Wildman–Crippen MR) is 46.7 cm³/mol. The van der Waals surface area contributed by atoms with E-state index in [-0.39, 0.29) is 12.3 Å². The number of alkyl halides is 3. The first-order chi connectivity index (χ1) is 6.81. The van der Waals surface area contributed by atoms with Crippen molar-refractivity contribution in [3.05, 3.63) is 0 Å². The summed E-state index contributed by atoms with van der Waals surface area (Å²) in [5.41, 5.74) is -0.819. The summed E-state index contributed by atoms with van der Waals surface area (Å²) in [6.07, 6.45) is -4.19. The molecular weight excluding hydrogens is 211 g/mol. The van der Waals surface area contributed by atoms with Crippen LogP contribution < -0.4 is 0 Å². The lowest BCUT2D eigenvalue weighted by molar-refractivity contribution is -0.177. The summed E-state index contributed by atoms with van der Waals surface area (Å²) in [5, 5.41) is 1.00. The van der Waals surface area contributed by atoms with Crippen molar-refractivity contribution in [3.8, 4) is 0 Å². The molecule has 0 aliphatic heterocycles. The number of hydrogen-bond donors (Lipinski definition) is 0. The third-order valence-electron chi connectivity index (χ3n) is 2.75. The molecule has 1 aliphatic carbocycles. The first-order valence-corrected chi connectivity index (χ1v) is 4.70. The Morgan fingerprint density at radius 1 is 1.47 bits per heavy atom. The molecule has 1 aliphatic rings. The van der Waals surface area contributed by atoms with Gasteiger partial charge in [0.15, 0.2) is 0 Å². The zero-order valence-corrected chi connectivity index (χ0v) is 8.73. The van der Waals surface area contributed by atoms with Gasteiger partial charge in [-0.1, -0.05) is 0 Å². The minimum absolute atomic E-state index is 0.136. The van der Waals surface area contributed by atoms with Gasteiger partial charge in [0, 0.05) is 13.5 Å². The number of carbonyl (C=O) groups is 1. The van der Waals surface area contributed by atoms with Crippen molar-refractivity contribution in [1.29, 1.82) is 0 Å². The van der Waals surface area contributed by atoms with E-state index in [1.807, 2.05) is 0 Å². The molecule has 0 aromatic rings. The van der Waals surface area contributed by atoms with E-state index >= 15 is 0 Å². The second-order valence-electron chi connectivity index (χ2n) is 3.88. The van der Waals surface area contributed by atoms with E-state index < -0.39 is 18.0 Å². The van der Waals surface area contributed by atoms with Crippen LogP contribution in [0.5, 0.6) is 0 Å². The summed E-state index contributed by atoms with van der Waals surface area (Å²) in [6, 6.07) is 0. The molecule has 0 heterocycles. The predicted octanol–water partition coefficient (Wildman–Crippen LogP) is 2.13. The van der Waals surface area contributed by atoms with Crippen LogP contribution in [0, 0.1) is 5.41 Å². The maximum absolute atomic E-state index is 12.0. The lowest BCUT2D eigenvalue weighted by Crippen LogP contribution is -2.34. The molecule has 0 unspecified atom stereocenters. The molecule has 88 valence electrons. The SMILES string of the molecule is CON(C)C(=O)C1(CCC(F)(F)F)CC1. The molecule has 0 atom stereocenters. The van der Waals surface area contributed by atoms with Crippen LogP contribution in [0.2, 0.25) is 0 Å². The monoisotopic (exact) mass is 225 g/mol. The summed E-state index contributed by atoms with van der Waals surface area (Å²) in [4.78, 5) is 16.3. The van der Waals surface area contributed by atoms with E-state index in [0.717, 1.165) is 5.06 Å². The summed E-state index contributed by atoms with van der Waals surface area (Å²) in [5.74, 6) is -0.353. The van der Waals surface area contributed by atoms with Crippen LogP contribution in [0.3, 0.4) is 0 Å². The van der Waals surface area contributed by atoms with Crippen molar-refractivity contribution in [2.75, 3.05) is 14.2 Å². The highest BCUT2D eigenvalue weighted by Crippen LogP contribution is 2.52. The Morgan fingerprint density at radius 2 is 2.00 bits per heavy atom. The lowest BCUT2D eigenvalue weighted by Gasteiger charge is -2.21. The highest BCUT2D eigenvalue weighted by molar-refractivity contribution is 5.84. The number of rotatable bonds is 4. The molecule has 1 saturated carbocycles. The molecule has 0 N–H and O–H groups in total. The second kappa shape index (κ2) is 4.00. The summed E-state index contributed by atoms with van der Waals surface area (Å²) < 4.78 is 36.0. The van der Waals surface area contributed by atoms with E-state index in [0.29, 0.717) is 12.8 Å². The van der Waals surface area contributed by atoms with Gasteiger partial charge in [0.1, 0.15) is 0 Å². The number of carbonyl (C=O) groups excluding carboxylic acids is 1. The third kappa shape index (κ3) is 3.09. The summed E-state index contributed by atoms with van der Waals surface area (Å²) in [7, 11) is 2.73. The highest BCUT2D eigenvalue weighted by atomic mass is 19.4. The minimum atomic E-state index is -4.19. The Morgan fingerprint density at radius 3 is 2.33 bits per heavy atom. The number of nitrogens with zero attached hydrogens (tertiary/aromatic N) is 1. The van der Waals surface area contributed by atoms with Crippen LogP contribution in [-0.2, 0) is 9.63 Å². The van der Waals surface area contributed by atoms with Crippen LogP contribution in [0.4, 0.5) is 13.2 Å². The quantitative estimate of drug-likeness (QED) is 0.686. The van der Waals surface area contributed by atoms with Crippen molar-refractivity contribution >= 4 is 5.91 Å². The minimum Gasteiger partial charge on any atom is -0.275 e. The molecule has 0 spiro atoms. The Labute approximate surface area is 86.1 Å². The number of amides is 1. The Kier molecular flexibility index (Phi) is 3.28. The fourth-order valence-corrected chi connectivity index (χ4v) is 1.52. The van der Waals surface area contributed by atoms with Gasteiger partial charge in [0.05, 0.1) is 12.5 Å². The molecule has 1 rings (SSSR count). The van der Waals surface area contributed by atoms with Gasteiger partial charge in [0.2, 0.25) is 0 Å². The topological polar surface area (TPSA) is 29.5 Å². The van der Waals surface area contributed by atoms with Crippen molar-refractivity contribution in [2.24, 2.45) is 5.41 Å². The van der Waals surface area contributed by atoms with Gasteiger partial charge < -0.3 is 0 Å². The van der Waals surface area contributed by atoms with Gasteiger partial charge >= 0.3 is 6.18 Å². The normalized spacial score (nSPS) is 18.7. The molecule has 0 aromatic heterocycles. The van der Waals surface area contributed by atoms with Gasteiger partial charge in [-0.2, -0.15) is 13.2 Å². The maximum Gasteiger partial charge on any atom is 0.389 e. The fraction of sp³-hybridized carbons (Fsp3) is 0.889. The van der Waals surface area contributed by atoms with Crippen LogP contribution in [-0.4, -0.2) is 31.3 Å². The lowest BCUT2D eigenvalue weighted by atomic mass is 9.99. The van der Waals surface area contributed by atoms with E-state index in [2.05, 4.69) is 4.84 Å². The molecule has 0 radical (unpaired) electrons. The molecule has 1 fully saturated rings. The van der Waals surface area contributed by atoms with Crippen LogP contribution in [0.15, 0.2) is 0 Å². The fourth-order valence-electron chi connectivity index (χ4n) is 1.52. The van der Waals surface area contributed by atoms with Crippen LogP contribution in [0.1, 0.15) is 25.7 Å². The summed E-state index contributed by atoms with van der Waals surface area (Å²) >= 11 is 0. The average molecular weight is 225 g/mol. The molecule has 3 nitrogen and oxygen atoms in total. The van der Waals surface area contributed by atoms with Crippen molar-refractivity contribution in [1.82, 2.24) is 5.06 Å². The van der Waals surface area contributed by atoms with E-state index in [9.17, 15) is 18.0 Å². The zero-order valence-electron chi connectivity index (χ0n) is 8.73. The Balaban J connectivity index is 2.50. The van der Waals surface area contributed by atoms with Gasteiger partial charge in [-0.15, -0.1) is 0 Å². The number of hydroxylamine groups is 2. The standard InChI is InChI=1S/C9H14F3NO2/c1-13(15-2)7(14)8(3-4-8)5-6-9(10,11)12/h3-6H2,1-2H3.